The summed E-state index contributed by atoms with van der Waals surface area (Å²) in [6.45, 7) is 1.66. The van der Waals surface area contributed by atoms with E-state index < -0.39 is 17.4 Å². The molecule has 7 heteroatoms. The van der Waals surface area contributed by atoms with Crippen LogP contribution in [0.5, 0.6) is 0 Å². The number of ketones is 2. The molecule has 1 aromatic heterocycles. The molecule has 0 saturated heterocycles. The summed E-state index contributed by atoms with van der Waals surface area (Å²) < 4.78 is 20.4. The maximum atomic E-state index is 14.0. The molecule has 0 atom stereocenters. The number of aryl methyl sites for hydroxylation is 1. The van der Waals surface area contributed by atoms with E-state index in [4.69, 9.17) is 16.0 Å². The summed E-state index contributed by atoms with van der Waals surface area (Å²) >= 11 is 6.27. The van der Waals surface area contributed by atoms with E-state index in [0.717, 1.165) is 10.1 Å². The van der Waals surface area contributed by atoms with Crippen molar-refractivity contribution in [3.8, 4) is 0 Å². The molecule has 0 amide bonds. The minimum atomic E-state index is -0.753. The Morgan fingerprint density at radius 3 is 2.43 bits per heavy atom. The molecule has 0 fully saturated rings. The number of Topliss-reactive ketones (excluding diaryl/α,β-unsaturated/α-hetero) is 1. The lowest BCUT2D eigenvalue weighted by atomic mass is 10.0. The van der Waals surface area contributed by atoms with Crippen LogP contribution in [0.15, 0.2) is 69.9 Å². The maximum Gasteiger partial charge on any atom is 0.420 e. The molecule has 0 aliphatic heterocycles. The number of rotatable bonds is 5. The first-order valence-electron chi connectivity index (χ1n) is 9.07. The molecular weight excluding hydrogens is 409 g/mol. The monoisotopic (exact) mass is 423 g/mol. The molecule has 0 N–H and O–H groups in total. The van der Waals surface area contributed by atoms with Crippen molar-refractivity contribution in [2.24, 2.45) is 0 Å². The fourth-order valence-electron chi connectivity index (χ4n) is 3.17. The molecule has 1 heterocycles. The number of halogens is 2. The molecule has 4 aromatic rings. The van der Waals surface area contributed by atoms with Gasteiger partial charge in [0.05, 0.1) is 22.6 Å². The van der Waals surface area contributed by atoms with E-state index in [0.29, 0.717) is 5.56 Å². The smallest absolute Gasteiger partial charge is 0.408 e. The molecule has 0 aliphatic carbocycles. The third-order valence-electron chi connectivity index (χ3n) is 4.80. The molecule has 0 radical (unpaired) electrons. The van der Waals surface area contributed by atoms with Gasteiger partial charge in [0, 0.05) is 11.1 Å². The van der Waals surface area contributed by atoms with Crippen molar-refractivity contribution in [2.75, 3.05) is 0 Å². The zero-order chi connectivity index (χ0) is 21.4. The fraction of sp³-hybridized carbons (Fsp3) is 0.0870. The van der Waals surface area contributed by atoms with Crippen LogP contribution < -0.4 is 5.76 Å². The third-order valence-corrected chi connectivity index (χ3v) is 5.11. The summed E-state index contributed by atoms with van der Waals surface area (Å²) in [6, 6.07) is 15.2. The molecule has 0 aliphatic rings. The Hall–Kier alpha value is -3.51. The standard InChI is InChI=1S/C23H15ClFNO4/c1-13-6-8-14(9-7-13)20(27)12-26-19-11-17(24)16(10-21(19)30-23(26)29)22(28)15-4-2-3-5-18(15)25/h2-11H,12H2,1H3. The van der Waals surface area contributed by atoms with Crippen LogP contribution in [0.2, 0.25) is 5.02 Å². The first kappa shape index (κ1) is 19.8. The molecule has 5 nitrogen and oxygen atoms in total. The molecule has 4 rings (SSSR count). The number of carbonyl (C=O) groups excluding carboxylic acids is 2. The quantitative estimate of drug-likeness (QED) is 0.432. The Kier molecular flexibility index (Phi) is 5.10. The molecule has 0 unspecified atom stereocenters. The van der Waals surface area contributed by atoms with E-state index in [1.807, 2.05) is 6.92 Å². The highest BCUT2D eigenvalue weighted by atomic mass is 35.5. The summed E-state index contributed by atoms with van der Waals surface area (Å²) in [6.07, 6.45) is 0. The minimum absolute atomic E-state index is 0.0000257. The number of aromatic nitrogens is 1. The highest BCUT2D eigenvalue weighted by Gasteiger charge is 2.21. The minimum Gasteiger partial charge on any atom is -0.408 e. The largest absolute Gasteiger partial charge is 0.420 e. The fourth-order valence-corrected chi connectivity index (χ4v) is 3.42. The molecule has 30 heavy (non-hydrogen) atoms. The van der Waals surface area contributed by atoms with Gasteiger partial charge >= 0.3 is 5.76 Å². The number of benzene rings is 3. The number of hydrogen-bond acceptors (Lipinski definition) is 4. The van der Waals surface area contributed by atoms with Crippen LogP contribution in [-0.2, 0) is 6.54 Å². The van der Waals surface area contributed by atoms with Crippen molar-refractivity contribution in [3.63, 3.8) is 0 Å². The van der Waals surface area contributed by atoms with Crippen LogP contribution in [0, 0.1) is 12.7 Å². The second-order valence-corrected chi connectivity index (χ2v) is 7.26. The highest BCUT2D eigenvalue weighted by Crippen LogP contribution is 2.27. The summed E-state index contributed by atoms with van der Waals surface area (Å²) in [5.74, 6) is -2.34. The van der Waals surface area contributed by atoms with Crippen molar-refractivity contribution < 1.29 is 18.4 Å². The van der Waals surface area contributed by atoms with Crippen LogP contribution in [0.3, 0.4) is 0 Å². The van der Waals surface area contributed by atoms with E-state index in [1.165, 1.54) is 36.4 Å². The second-order valence-electron chi connectivity index (χ2n) is 6.85. The number of nitrogens with zero attached hydrogens (tertiary/aromatic N) is 1. The molecule has 0 spiro atoms. The van der Waals surface area contributed by atoms with Crippen LogP contribution in [0.25, 0.3) is 11.1 Å². The van der Waals surface area contributed by atoms with Crippen LogP contribution >= 0.6 is 11.6 Å². The van der Waals surface area contributed by atoms with Crippen molar-refractivity contribution in [2.45, 2.75) is 13.5 Å². The van der Waals surface area contributed by atoms with Gasteiger partial charge in [-0.05, 0) is 31.2 Å². The van der Waals surface area contributed by atoms with Gasteiger partial charge in [-0.2, -0.15) is 0 Å². The molecular formula is C23H15ClFNO4. The van der Waals surface area contributed by atoms with Crippen molar-refractivity contribution in [1.29, 1.82) is 0 Å². The van der Waals surface area contributed by atoms with E-state index in [1.54, 1.807) is 24.3 Å². The van der Waals surface area contributed by atoms with Gasteiger partial charge in [0.25, 0.3) is 0 Å². The van der Waals surface area contributed by atoms with Gasteiger partial charge < -0.3 is 4.42 Å². The van der Waals surface area contributed by atoms with Crippen molar-refractivity contribution in [3.05, 3.63) is 104 Å². The average molecular weight is 424 g/mol. The maximum absolute atomic E-state index is 14.0. The summed E-state index contributed by atoms with van der Waals surface area (Å²) in [5, 5.41) is 0.0214. The van der Waals surface area contributed by atoms with E-state index in [2.05, 4.69) is 0 Å². The van der Waals surface area contributed by atoms with Gasteiger partial charge in [0.1, 0.15) is 5.82 Å². The molecule has 150 valence electrons. The Balaban J connectivity index is 1.73. The van der Waals surface area contributed by atoms with Crippen LogP contribution in [-0.4, -0.2) is 16.1 Å². The van der Waals surface area contributed by atoms with E-state index in [9.17, 15) is 18.8 Å². The first-order chi connectivity index (χ1) is 14.3. The summed E-state index contributed by atoms with van der Waals surface area (Å²) in [7, 11) is 0. The average Bonchev–Trinajstić information content (AvgIpc) is 3.02. The topological polar surface area (TPSA) is 69.3 Å². The summed E-state index contributed by atoms with van der Waals surface area (Å²) in [5.41, 5.74) is 1.68. The molecule has 0 saturated carbocycles. The van der Waals surface area contributed by atoms with Gasteiger partial charge in [-0.25, -0.2) is 9.18 Å². The van der Waals surface area contributed by atoms with Gasteiger partial charge in [-0.3, -0.25) is 14.2 Å². The predicted molar refractivity (Wildman–Crippen MR) is 111 cm³/mol. The Labute approximate surface area is 175 Å². The normalized spacial score (nSPS) is 11.0. The third kappa shape index (κ3) is 3.57. The summed E-state index contributed by atoms with van der Waals surface area (Å²) in [4.78, 5) is 37.6. The van der Waals surface area contributed by atoms with Crippen molar-refractivity contribution >= 4 is 34.3 Å². The van der Waals surface area contributed by atoms with Gasteiger partial charge in [0.2, 0.25) is 0 Å². The van der Waals surface area contributed by atoms with Gasteiger partial charge in [-0.1, -0.05) is 53.6 Å². The lowest BCUT2D eigenvalue weighted by molar-refractivity contribution is 0.0969. The Morgan fingerprint density at radius 2 is 1.73 bits per heavy atom. The number of oxazole rings is 1. The lowest BCUT2D eigenvalue weighted by Gasteiger charge is -2.06. The highest BCUT2D eigenvalue weighted by molar-refractivity contribution is 6.35. The Bertz CT molecular complexity index is 1350. The van der Waals surface area contributed by atoms with E-state index >= 15 is 0 Å². The van der Waals surface area contributed by atoms with Crippen molar-refractivity contribution in [1.82, 2.24) is 4.57 Å². The lowest BCUT2D eigenvalue weighted by Crippen LogP contribution is -2.20. The molecule has 0 bridgehead atoms. The van der Waals surface area contributed by atoms with Gasteiger partial charge in [-0.15, -0.1) is 0 Å². The van der Waals surface area contributed by atoms with E-state index in [-0.39, 0.29) is 39.6 Å². The number of carbonyl (C=O) groups is 2. The zero-order valence-corrected chi connectivity index (χ0v) is 16.6. The van der Waals surface area contributed by atoms with Crippen LogP contribution in [0.4, 0.5) is 4.39 Å². The Morgan fingerprint density at radius 1 is 1.03 bits per heavy atom. The number of hydrogen-bond donors (Lipinski definition) is 0. The first-order valence-corrected chi connectivity index (χ1v) is 9.45. The number of fused-ring (bicyclic) bond motifs is 1. The van der Waals surface area contributed by atoms with Crippen LogP contribution in [0.1, 0.15) is 31.8 Å². The second kappa shape index (κ2) is 7.72. The van der Waals surface area contributed by atoms with Gasteiger partial charge in [0.15, 0.2) is 17.1 Å². The zero-order valence-electron chi connectivity index (χ0n) is 15.8. The molecule has 3 aromatic carbocycles. The SMILES string of the molecule is Cc1ccc(C(=O)Cn2c(=O)oc3cc(C(=O)c4ccccc4F)c(Cl)cc32)cc1. The predicted octanol–water partition coefficient (Wildman–Crippen LogP) is 4.81.